The van der Waals surface area contributed by atoms with Crippen LogP contribution in [0.15, 0.2) is 42.0 Å². The van der Waals surface area contributed by atoms with E-state index < -0.39 is 10.8 Å². The summed E-state index contributed by atoms with van der Waals surface area (Å²) in [5.74, 6) is 0.107. The van der Waals surface area contributed by atoms with Crippen molar-refractivity contribution >= 4 is 5.78 Å². The van der Waals surface area contributed by atoms with Crippen molar-refractivity contribution in [2.24, 2.45) is 18.4 Å². The van der Waals surface area contributed by atoms with Crippen molar-refractivity contribution in [2.75, 3.05) is 0 Å². The number of nitriles is 1. The van der Waals surface area contributed by atoms with Crippen LogP contribution in [0.3, 0.4) is 0 Å². The minimum absolute atomic E-state index is 0.0369. The molecule has 1 aromatic carbocycles. The summed E-state index contributed by atoms with van der Waals surface area (Å²) in [6, 6.07) is 12.4. The molecular formula is C22H23N3O. The maximum absolute atomic E-state index is 12.8. The molecule has 0 saturated carbocycles. The van der Waals surface area contributed by atoms with Crippen LogP contribution in [0.4, 0.5) is 0 Å². The minimum atomic E-state index is -0.559. The lowest BCUT2D eigenvalue weighted by molar-refractivity contribution is -0.128. The summed E-state index contributed by atoms with van der Waals surface area (Å²) in [5, 5.41) is 14.4. The SMILES string of the molecule is Cn1nc2c(c1-c1ccccc1)CCC1C(C)(C)C(=O)C(C#N)=CC21C. The van der Waals surface area contributed by atoms with Crippen LogP contribution in [0.1, 0.15) is 38.4 Å². The standard InChI is InChI=1S/C22H23N3O/c1-21(2)17-11-10-16-18(14-8-6-5-7-9-14)25(4)24-19(16)22(17,3)12-15(13-23)20(21)26/h5-9,12,17H,10-11H2,1-4H3. The number of aromatic nitrogens is 2. The number of Topliss-reactive ketones (excluding diaryl/α,β-unsaturated/α-hetero) is 1. The monoisotopic (exact) mass is 345 g/mol. The van der Waals surface area contributed by atoms with Crippen LogP contribution >= 0.6 is 0 Å². The Morgan fingerprint density at radius 2 is 1.92 bits per heavy atom. The molecule has 0 saturated heterocycles. The van der Waals surface area contributed by atoms with Gasteiger partial charge in [-0.05, 0) is 18.8 Å². The third kappa shape index (κ3) is 2.07. The fraction of sp³-hybridized carbons (Fsp3) is 0.409. The summed E-state index contributed by atoms with van der Waals surface area (Å²) in [7, 11) is 1.98. The molecule has 0 spiro atoms. The maximum Gasteiger partial charge on any atom is 0.178 e. The average Bonchev–Trinajstić information content (AvgIpc) is 2.96. The van der Waals surface area contributed by atoms with Gasteiger partial charge in [-0.15, -0.1) is 0 Å². The van der Waals surface area contributed by atoms with Crippen LogP contribution in [-0.2, 0) is 23.7 Å². The molecule has 1 heterocycles. The van der Waals surface area contributed by atoms with Crippen LogP contribution < -0.4 is 0 Å². The minimum Gasteiger partial charge on any atom is -0.293 e. The van der Waals surface area contributed by atoms with Crippen LogP contribution in [0.5, 0.6) is 0 Å². The second-order valence-corrected chi connectivity index (χ2v) is 8.26. The van der Waals surface area contributed by atoms with E-state index in [9.17, 15) is 10.1 Å². The number of ketones is 1. The highest BCUT2D eigenvalue weighted by Crippen LogP contribution is 2.55. The molecule has 4 heteroatoms. The summed E-state index contributed by atoms with van der Waals surface area (Å²) in [6.45, 7) is 6.10. The van der Waals surface area contributed by atoms with Crippen molar-refractivity contribution < 1.29 is 4.79 Å². The predicted octanol–water partition coefficient (Wildman–Crippen LogP) is 3.97. The molecule has 2 aliphatic carbocycles. The van der Waals surface area contributed by atoms with Crippen molar-refractivity contribution in [1.82, 2.24) is 9.78 Å². The number of carbonyl (C=O) groups excluding carboxylic acids is 1. The van der Waals surface area contributed by atoms with E-state index in [0.29, 0.717) is 0 Å². The summed E-state index contributed by atoms with van der Waals surface area (Å²) in [6.07, 6.45) is 3.70. The summed E-state index contributed by atoms with van der Waals surface area (Å²) < 4.78 is 1.96. The van der Waals surface area contributed by atoms with E-state index in [0.717, 1.165) is 29.8 Å². The van der Waals surface area contributed by atoms with E-state index in [1.807, 2.05) is 49.9 Å². The van der Waals surface area contributed by atoms with E-state index in [2.05, 4.69) is 25.1 Å². The van der Waals surface area contributed by atoms with Gasteiger partial charge in [0.1, 0.15) is 6.07 Å². The predicted molar refractivity (Wildman–Crippen MR) is 100 cm³/mol. The molecule has 2 unspecified atom stereocenters. The number of hydrogen-bond donors (Lipinski definition) is 0. The van der Waals surface area contributed by atoms with E-state index in [4.69, 9.17) is 5.10 Å². The lowest BCUT2D eigenvalue weighted by Gasteiger charge is -2.49. The van der Waals surface area contributed by atoms with Crippen LogP contribution in [0, 0.1) is 22.7 Å². The van der Waals surface area contributed by atoms with Crippen molar-refractivity contribution in [3.05, 3.63) is 53.2 Å². The Bertz CT molecular complexity index is 975. The Balaban J connectivity index is 1.97. The van der Waals surface area contributed by atoms with Gasteiger partial charge in [0.15, 0.2) is 5.78 Å². The molecule has 0 N–H and O–H groups in total. The molecule has 0 bridgehead atoms. The first-order valence-electron chi connectivity index (χ1n) is 9.10. The highest BCUT2D eigenvalue weighted by molar-refractivity contribution is 6.04. The largest absolute Gasteiger partial charge is 0.293 e. The summed E-state index contributed by atoms with van der Waals surface area (Å²) in [5.41, 5.74) is 3.87. The molecular weight excluding hydrogens is 322 g/mol. The summed E-state index contributed by atoms with van der Waals surface area (Å²) in [4.78, 5) is 12.8. The zero-order chi connectivity index (χ0) is 18.7. The van der Waals surface area contributed by atoms with Gasteiger partial charge in [-0.2, -0.15) is 10.4 Å². The van der Waals surface area contributed by atoms with Crippen molar-refractivity contribution in [1.29, 1.82) is 5.26 Å². The normalized spacial score (nSPS) is 26.5. The van der Waals surface area contributed by atoms with Crippen LogP contribution in [-0.4, -0.2) is 15.6 Å². The first-order valence-corrected chi connectivity index (χ1v) is 9.10. The van der Waals surface area contributed by atoms with Crippen molar-refractivity contribution in [3.8, 4) is 17.3 Å². The van der Waals surface area contributed by atoms with Crippen LogP contribution in [0.25, 0.3) is 11.3 Å². The molecule has 132 valence electrons. The van der Waals surface area contributed by atoms with Gasteiger partial charge >= 0.3 is 0 Å². The average molecular weight is 345 g/mol. The number of aryl methyl sites for hydroxylation is 1. The highest BCUT2D eigenvalue weighted by Gasteiger charge is 2.55. The molecule has 4 rings (SSSR count). The Labute approximate surface area is 154 Å². The number of carbonyl (C=O) groups is 1. The fourth-order valence-corrected chi connectivity index (χ4v) is 5.18. The zero-order valence-corrected chi connectivity index (χ0v) is 15.7. The number of benzene rings is 1. The molecule has 0 amide bonds. The number of fused-ring (bicyclic) bond motifs is 3. The van der Waals surface area contributed by atoms with Crippen molar-refractivity contribution in [2.45, 2.75) is 39.0 Å². The molecule has 1 aromatic heterocycles. The Kier molecular flexibility index (Phi) is 3.49. The second kappa shape index (κ2) is 5.41. The van der Waals surface area contributed by atoms with Gasteiger partial charge in [-0.25, -0.2) is 0 Å². The van der Waals surface area contributed by atoms with E-state index in [-0.39, 0.29) is 17.3 Å². The van der Waals surface area contributed by atoms with E-state index in [1.54, 1.807) is 0 Å². The molecule has 0 aliphatic heterocycles. The van der Waals surface area contributed by atoms with Gasteiger partial charge in [0.05, 0.1) is 17.0 Å². The fourth-order valence-electron chi connectivity index (χ4n) is 5.18. The van der Waals surface area contributed by atoms with Gasteiger partial charge in [0, 0.05) is 29.0 Å². The molecule has 26 heavy (non-hydrogen) atoms. The zero-order valence-electron chi connectivity index (χ0n) is 15.7. The molecule has 0 radical (unpaired) electrons. The maximum atomic E-state index is 12.8. The van der Waals surface area contributed by atoms with E-state index >= 15 is 0 Å². The number of rotatable bonds is 1. The number of nitrogens with zero attached hydrogens (tertiary/aromatic N) is 3. The summed E-state index contributed by atoms with van der Waals surface area (Å²) >= 11 is 0. The quantitative estimate of drug-likeness (QED) is 0.786. The van der Waals surface area contributed by atoms with Gasteiger partial charge in [0.2, 0.25) is 0 Å². The lowest BCUT2D eigenvalue weighted by Crippen LogP contribution is -2.51. The molecule has 2 aromatic rings. The second-order valence-electron chi connectivity index (χ2n) is 8.26. The first-order chi connectivity index (χ1) is 12.3. The molecule has 0 fully saturated rings. The Hall–Kier alpha value is -2.67. The number of allylic oxidation sites excluding steroid dienone is 2. The van der Waals surface area contributed by atoms with Gasteiger partial charge in [-0.3, -0.25) is 9.48 Å². The topological polar surface area (TPSA) is 58.7 Å². The van der Waals surface area contributed by atoms with E-state index in [1.165, 1.54) is 5.56 Å². The van der Waals surface area contributed by atoms with Gasteiger partial charge in [0.25, 0.3) is 0 Å². The Morgan fingerprint density at radius 1 is 1.23 bits per heavy atom. The lowest BCUT2D eigenvalue weighted by atomic mass is 9.52. The van der Waals surface area contributed by atoms with Gasteiger partial charge in [-0.1, -0.05) is 57.2 Å². The number of hydrogen-bond acceptors (Lipinski definition) is 3. The van der Waals surface area contributed by atoms with Crippen LogP contribution in [0.2, 0.25) is 0 Å². The van der Waals surface area contributed by atoms with Gasteiger partial charge < -0.3 is 0 Å². The Morgan fingerprint density at radius 3 is 2.58 bits per heavy atom. The third-order valence-corrected chi connectivity index (χ3v) is 6.38. The first kappa shape index (κ1) is 16.8. The highest BCUT2D eigenvalue weighted by atomic mass is 16.1. The third-order valence-electron chi connectivity index (χ3n) is 6.38. The molecule has 4 nitrogen and oxygen atoms in total. The molecule has 2 aliphatic rings. The molecule has 2 atom stereocenters. The van der Waals surface area contributed by atoms with Crippen molar-refractivity contribution in [3.63, 3.8) is 0 Å². The smallest absolute Gasteiger partial charge is 0.178 e.